The summed E-state index contributed by atoms with van der Waals surface area (Å²) in [6, 6.07) is 18.6. The van der Waals surface area contributed by atoms with Crippen molar-refractivity contribution in [3.63, 3.8) is 0 Å². The Hall–Kier alpha value is -3.28. The third kappa shape index (κ3) is 2.50. The SMILES string of the molecule is Cc1nc(-c2ccc(-c3ccccc3)cc2)c(-c2nn[nH]n2)[nH]1. The van der Waals surface area contributed by atoms with Crippen LogP contribution >= 0.6 is 0 Å². The molecule has 0 saturated heterocycles. The van der Waals surface area contributed by atoms with Crippen LogP contribution in [0.15, 0.2) is 54.6 Å². The van der Waals surface area contributed by atoms with Gasteiger partial charge in [-0.25, -0.2) is 4.98 Å². The number of nitrogens with one attached hydrogen (secondary N) is 2. The van der Waals surface area contributed by atoms with Crippen molar-refractivity contribution < 1.29 is 0 Å². The van der Waals surface area contributed by atoms with Crippen molar-refractivity contribution in [3.05, 3.63) is 60.4 Å². The highest BCUT2D eigenvalue weighted by atomic mass is 15.5. The maximum Gasteiger partial charge on any atom is 0.223 e. The van der Waals surface area contributed by atoms with Crippen molar-refractivity contribution in [1.82, 2.24) is 30.6 Å². The third-order valence-corrected chi connectivity index (χ3v) is 3.66. The Morgan fingerprint density at radius 2 is 1.52 bits per heavy atom. The summed E-state index contributed by atoms with van der Waals surface area (Å²) >= 11 is 0. The van der Waals surface area contributed by atoms with Crippen molar-refractivity contribution >= 4 is 0 Å². The minimum atomic E-state index is 0.507. The Morgan fingerprint density at radius 1 is 0.826 bits per heavy atom. The highest BCUT2D eigenvalue weighted by Crippen LogP contribution is 2.29. The van der Waals surface area contributed by atoms with Gasteiger partial charge in [0.05, 0.1) is 5.69 Å². The van der Waals surface area contributed by atoms with Crippen LogP contribution in [0.3, 0.4) is 0 Å². The average Bonchev–Trinajstić information content (AvgIpc) is 3.25. The summed E-state index contributed by atoms with van der Waals surface area (Å²) in [4.78, 5) is 7.76. The molecule has 0 fully saturated rings. The molecule has 2 N–H and O–H groups in total. The first kappa shape index (κ1) is 13.4. The number of hydrogen-bond acceptors (Lipinski definition) is 4. The third-order valence-electron chi connectivity index (χ3n) is 3.66. The van der Waals surface area contributed by atoms with E-state index < -0.39 is 0 Å². The van der Waals surface area contributed by atoms with Crippen LogP contribution < -0.4 is 0 Å². The molecule has 112 valence electrons. The van der Waals surface area contributed by atoms with Crippen LogP contribution in [0, 0.1) is 6.92 Å². The fourth-order valence-corrected chi connectivity index (χ4v) is 2.58. The van der Waals surface area contributed by atoms with E-state index in [1.807, 2.05) is 25.1 Å². The molecule has 2 aromatic carbocycles. The van der Waals surface area contributed by atoms with Gasteiger partial charge in [0.25, 0.3) is 0 Å². The van der Waals surface area contributed by atoms with Gasteiger partial charge in [0.2, 0.25) is 5.82 Å². The van der Waals surface area contributed by atoms with Crippen LogP contribution in [0.5, 0.6) is 0 Å². The molecule has 0 unspecified atom stereocenters. The zero-order valence-corrected chi connectivity index (χ0v) is 12.5. The van der Waals surface area contributed by atoms with Gasteiger partial charge in [-0.15, -0.1) is 10.2 Å². The van der Waals surface area contributed by atoms with Crippen LogP contribution in [0.2, 0.25) is 0 Å². The van der Waals surface area contributed by atoms with E-state index in [0.29, 0.717) is 5.82 Å². The lowest BCUT2D eigenvalue weighted by Gasteiger charge is -2.04. The van der Waals surface area contributed by atoms with Gasteiger partial charge < -0.3 is 4.98 Å². The number of nitrogens with zero attached hydrogens (tertiary/aromatic N) is 4. The van der Waals surface area contributed by atoms with E-state index in [9.17, 15) is 0 Å². The number of aromatic nitrogens is 6. The maximum atomic E-state index is 4.56. The van der Waals surface area contributed by atoms with Crippen LogP contribution in [0.1, 0.15) is 5.82 Å². The van der Waals surface area contributed by atoms with Crippen molar-refractivity contribution in [3.8, 4) is 33.9 Å². The van der Waals surface area contributed by atoms with Crippen LogP contribution in [0.25, 0.3) is 33.9 Å². The molecule has 0 aliphatic carbocycles. The molecule has 0 amide bonds. The van der Waals surface area contributed by atoms with Gasteiger partial charge >= 0.3 is 0 Å². The van der Waals surface area contributed by atoms with Crippen molar-refractivity contribution in [2.24, 2.45) is 0 Å². The zero-order chi connectivity index (χ0) is 15.6. The van der Waals surface area contributed by atoms with E-state index in [-0.39, 0.29) is 0 Å². The smallest absolute Gasteiger partial charge is 0.223 e. The first-order chi connectivity index (χ1) is 11.3. The molecular formula is C17H14N6. The summed E-state index contributed by atoms with van der Waals surface area (Å²) in [5, 5.41) is 14.1. The van der Waals surface area contributed by atoms with E-state index in [0.717, 1.165) is 22.8 Å². The molecule has 6 nitrogen and oxygen atoms in total. The summed E-state index contributed by atoms with van der Waals surface area (Å²) in [6.45, 7) is 1.91. The molecule has 23 heavy (non-hydrogen) atoms. The molecule has 4 rings (SSSR count). The summed E-state index contributed by atoms with van der Waals surface area (Å²) in [7, 11) is 0. The van der Waals surface area contributed by atoms with E-state index in [1.165, 1.54) is 11.1 Å². The van der Waals surface area contributed by atoms with Crippen LogP contribution in [-0.4, -0.2) is 30.6 Å². The average molecular weight is 302 g/mol. The molecule has 0 aliphatic heterocycles. The molecule has 6 heteroatoms. The first-order valence-corrected chi connectivity index (χ1v) is 7.27. The fraction of sp³-hybridized carbons (Fsp3) is 0.0588. The number of H-pyrrole nitrogens is 2. The second-order valence-electron chi connectivity index (χ2n) is 5.22. The number of hydrogen-bond donors (Lipinski definition) is 2. The number of aromatic amines is 2. The number of tetrazole rings is 1. The summed E-state index contributed by atoms with van der Waals surface area (Å²) < 4.78 is 0. The van der Waals surface area contributed by atoms with Crippen molar-refractivity contribution in [2.45, 2.75) is 6.92 Å². The molecule has 0 atom stereocenters. The molecule has 0 aliphatic rings. The van der Waals surface area contributed by atoms with E-state index in [4.69, 9.17) is 0 Å². The molecule has 2 aromatic heterocycles. The van der Waals surface area contributed by atoms with Gasteiger partial charge in [0.1, 0.15) is 11.5 Å². The summed E-state index contributed by atoms with van der Waals surface area (Å²) in [5.41, 5.74) is 4.96. The maximum absolute atomic E-state index is 4.56. The highest BCUT2D eigenvalue weighted by molar-refractivity contribution is 5.77. The van der Waals surface area contributed by atoms with Gasteiger partial charge in [-0.2, -0.15) is 5.21 Å². The fourth-order valence-electron chi connectivity index (χ4n) is 2.58. The Morgan fingerprint density at radius 3 is 2.22 bits per heavy atom. The number of imidazole rings is 1. The lowest BCUT2D eigenvalue weighted by atomic mass is 10.0. The molecule has 0 radical (unpaired) electrons. The van der Waals surface area contributed by atoms with E-state index in [1.54, 1.807) is 0 Å². The Bertz CT molecular complexity index is 908. The molecule has 0 saturated carbocycles. The largest absolute Gasteiger partial charge is 0.339 e. The van der Waals surface area contributed by atoms with Crippen LogP contribution in [0.4, 0.5) is 0 Å². The number of benzene rings is 2. The van der Waals surface area contributed by atoms with Gasteiger partial charge in [0, 0.05) is 5.56 Å². The second-order valence-corrected chi connectivity index (χ2v) is 5.22. The zero-order valence-electron chi connectivity index (χ0n) is 12.5. The Labute approximate surface area is 132 Å². The van der Waals surface area contributed by atoms with Gasteiger partial charge in [-0.05, 0) is 23.3 Å². The molecule has 2 heterocycles. The first-order valence-electron chi connectivity index (χ1n) is 7.27. The standard InChI is InChI=1S/C17H14N6/c1-11-18-15(16(19-11)17-20-22-23-21-17)14-9-7-13(8-10-14)12-5-3-2-4-6-12/h2-10H,1H3,(H,18,19)(H,20,21,22,23). The van der Waals surface area contributed by atoms with E-state index in [2.05, 4.69) is 67.0 Å². The minimum absolute atomic E-state index is 0.507. The number of rotatable bonds is 3. The number of aryl methyl sites for hydroxylation is 1. The monoisotopic (exact) mass is 302 g/mol. The van der Waals surface area contributed by atoms with Gasteiger partial charge in [0.15, 0.2) is 0 Å². The minimum Gasteiger partial charge on any atom is -0.339 e. The lowest BCUT2D eigenvalue weighted by molar-refractivity contribution is 0.881. The second kappa shape index (κ2) is 5.49. The van der Waals surface area contributed by atoms with Crippen LogP contribution in [-0.2, 0) is 0 Å². The summed E-state index contributed by atoms with van der Waals surface area (Å²) in [5.74, 6) is 1.32. The van der Waals surface area contributed by atoms with E-state index >= 15 is 0 Å². The van der Waals surface area contributed by atoms with Crippen molar-refractivity contribution in [1.29, 1.82) is 0 Å². The molecule has 4 aromatic rings. The molecule has 0 spiro atoms. The molecular weight excluding hydrogens is 288 g/mol. The Balaban J connectivity index is 1.75. The predicted octanol–water partition coefficient (Wildman–Crippen LogP) is 3.23. The topological polar surface area (TPSA) is 83.1 Å². The lowest BCUT2D eigenvalue weighted by Crippen LogP contribution is -1.87. The summed E-state index contributed by atoms with van der Waals surface area (Å²) in [6.07, 6.45) is 0. The predicted molar refractivity (Wildman–Crippen MR) is 87.4 cm³/mol. The quantitative estimate of drug-likeness (QED) is 0.608. The highest BCUT2D eigenvalue weighted by Gasteiger charge is 2.15. The van der Waals surface area contributed by atoms with Crippen molar-refractivity contribution in [2.75, 3.05) is 0 Å². The molecule has 0 bridgehead atoms. The normalized spacial score (nSPS) is 10.8. The Kier molecular flexibility index (Phi) is 3.20. The van der Waals surface area contributed by atoms with Gasteiger partial charge in [-0.3, -0.25) is 0 Å². The van der Waals surface area contributed by atoms with Gasteiger partial charge in [-0.1, -0.05) is 54.6 Å².